The van der Waals surface area contributed by atoms with E-state index in [1.165, 1.54) is 12.8 Å². The van der Waals surface area contributed by atoms with Crippen LogP contribution in [0, 0.1) is 39.9 Å². The molecule has 4 fully saturated rings. The number of aliphatic hydroxyl groups is 2. The summed E-state index contributed by atoms with van der Waals surface area (Å²) < 4.78 is 0. The third-order valence-corrected chi connectivity index (χ3v) is 10.3. The third-order valence-electron chi connectivity index (χ3n) is 10.3. The van der Waals surface area contributed by atoms with Gasteiger partial charge in [-0.25, -0.2) is 0 Å². The van der Waals surface area contributed by atoms with Crippen LogP contribution in [0.4, 0.5) is 0 Å². The number of rotatable bonds is 7. The van der Waals surface area contributed by atoms with Crippen LogP contribution in [0.2, 0.25) is 0 Å². The monoisotopic (exact) mass is 448 g/mol. The zero-order chi connectivity index (χ0) is 23.0. The minimum Gasteiger partial charge on any atom is -0.394 e. The van der Waals surface area contributed by atoms with Crippen LogP contribution in [0.1, 0.15) is 84.5 Å². The van der Waals surface area contributed by atoms with Gasteiger partial charge in [0.1, 0.15) is 6.61 Å². The normalized spacial score (nSPS) is 45.7. The quantitative estimate of drug-likeness (QED) is 0.177. The maximum atomic E-state index is 12.2. The summed E-state index contributed by atoms with van der Waals surface area (Å²) in [6.07, 6.45) is 13.3. The molecule has 4 aliphatic rings. The van der Waals surface area contributed by atoms with Crippen molar-refractivity contribution >= 4 is 12.2 Å². The van der Waals surface area contributed by atoms with Crippen molar-refractivity contribution in [2.75, 3.05) is 13.2 Å². The standard InChI is InChI=1S/C25H44N4O3/c1-23-10-8-19(30)16-18(23)5-6-21-20(23)9-11-24(2)17(7-12-25(21,24)31)4-3-13-29-32-15-14-28-22(26)27/h13,17-21,30-31H,3-12,14-16H2,1-2H3,(H4,26,27,28)/b29-13+/t17?,18?,19?,20-,21-,23+,24-,25-/m1/s1. The fraction of sp³-hybridized carbons (Fsp3) is 0.920. The molecule has 0 spiro atoms. The van der Waals surface area contributed by atoms with Crippen LogP contribution >= 0.6 is 0 Å². The molecule has 0 aliphatic heterocycles. The molecule has 4 saturated carbocycles. The second kappa shape index (κ2) is 9.13. The summed E-state index contributed by atoms with van der Waals surface area (Å²) in [5.74, 6) is 2.10. The fourth-order valence-corrected chi connectivity index (χ4v) is 8.44. The van der Waals surface area contributed by atoms with Crippen molar-refractivity contribution in [3.8, 4) is 0 Å². The average molecular weight is 449 g/mol. The van der Waals surface area contributed by atoms with Gasteiger partial charge in [0.15, 0.2) is 5.96 Å². The average Bonchev–Trinajstić information content (AvgIpc) is 3.01. The first-order valence-corrected chi connectivity index (χ1v) is 12.8. The predicted octanol–water partition coefficient (Wildman–Crippen LogP) is 3.39. The van der Waals surface area contributed by atoms with Crippen LogP contribution in [0.15, 0.2) is 5.16 Å². The molecule has 0 amide bonds. The molecular weight excluding hydrogens is 404 g/mol. The maximum Gasteiger partial charge on any atom is 0.185 e. The number of guanidine groups is 1. The molecule has 4 aliphatic carbocycles. The van der Waals surface area contributed by atoms with Gasteiger partial charge < -0.3 is 26.1 Å². The SMILES string of the molecule is C[C@]12CCC(O)CC1CC[C@@H]1[C@H]2CC[C@]2(C)C(CC/C=N/OCCNC(=N)N)CC[C@@]12O. The summed E-state index contributed by atoms with van der Waals surface area (Å²) in [6.45, 7) is 5.70. The van der Waals surface area contributed by atoms with E-state index in [-0.39, 0.29) is 17.5 Å². The maximum absolute atomic E-state index is 12.2. The minimum absolute atomic E-state index is 0.00829. The van der Waals surface area contributed by atoms with Gasteiger partial charge in [0.05, 0.1) is 18.2 Å². The molecule has 8 atom stereocenters. The summed E-state index contributed by atoms with van der Waals surface area (Å²) in [6, 6.07) is 0. The molecule has 0 bridgehead atoms. The number of nitrogens with two attached hydrogens (primary N) is 1. The molecule has 4 rings (SSSR count). The van der Waals surface area contributed by atoms with Crippen LogP contribution in [0.3, 0.4) is 0 Å². The molecule has 6 N–H and O–H groups in total. The van der Waals surface area contributed by atoms with Crippen LogP contribution in [-0.2, 0) is 4.84 Å². The Kier molecular flexibility index (Phi) is 6.79. The van der Waals surface area contributed by atoms with Crippen molar-refractivity contribution in [2.45, 2.75) is 96.2 Å². The van der Waals surface area contributed by atoms with E-state index in [0.29, 0.717) is 42.2 Å². The van der Waals surface area contributed by atoms with E-state index in [0.717, 1.165) is 57.8 Å². The number of aliphatic hydroxyl groups excluding tert-OH is 1. The van der Waals surface area contributed by atoms with E-state index < -0.39 is 5.60 Å². The zero-order valence-corrected chi connectivity index (χ0v) is 20.0. The number of hydrogen-bond acceptors (Lipinski definition) is 5. The summed E-state index contributed by atoms with van der Waals surface area (Å²) in [4.78, 5) is 5.23. The first-order chi connectivity index (χ1) is 15.2. The Bertz CT molecular complexity index is 717. The van der Waals surface area contributed by atoms with E-state index in [2.05, 4.69) is 24.3 Å². The predicted molar refractivity (Wildman–Crippen MR) is 126 cm³/mol. The van der Waals surface area contributed by atoms with Crippen LogP contribution < -0.4 is 11.1 Å². The van der Waals surface area contributed by atoms with Gasteiger partial charge in [0.25, 0.3) is 0 Å². The van der Waals surface area contributed by atoms with E-state index >= 15 is 0 Å². The van der Waals surface area contributed by atoms with Gasteiger partial charge in [-0.2, -0.15) is 0 Å². The molecule has 0 radical (unpaired) electrons. The van der Waals surface area contributed by atoms with Crippen molar-refractivity contribution < 1.29 is 15.1 Å². The molecule has 0 aromatic carbocycles. The van der Waals surface area contributed by atoms with Gasteiger partial charge in [0.2, 0.25) is 0 Å². The Morgan fingerprint density at radius 2 is 1.97 bits per heavy atom. The number of nitrogens with zero attached hydrogens (tertiary/aromatic N) is 1. The van der Waals surface area contributed by atoms with Crippen molar-refractivity contribution in [2.24, 2.45) is 45.4 Å². The number of nitrogens with one attached hydrogen (secondary N) is 2. The van der Waals surface area contributed by atoms with E-state index in [9.17, 15) is 10.2 Å². The number of oxime groups is 1. The van der Waals surface area contributed by atoms with Gasteiger partial charge in [-0.3, -0.25) is 5.41 Å². The minimum atomic E-state index is -0.545. The van der Waals surface area contributed by atoms with E-state index in [1.807, 2.05) is 6.21 Å². The summed E-state index contributed by atoms with van der Waals surface area (Å²) in [5.41, 5.74) is 4.97. The summed E-state index contributed by atoms with van der Waals surface area (Å²) >= 11 is 0. The third kappa shape index (κ3) is 4.04. The molecule has 7 nitrogen and oxygen atoms in total. The largest absolute Gasteiger partial charge is 0.394 e. The molecular formula is C25H44N4O3. The molecule has 0 aromatic heterocycles. The topological polar surface area (TPSA) is 124 Å². The first kappa shape index (κ1) is 23.8. The molecule has 0 aromatic rings. The van der Waals surface area contributed by atoms with E-state index in [1.54, 1.807) is 0 Å². The number of fused-ring (bicyclic) bond motifs is 5. The summed E-state index contributed by atoms with van der Waals surface area (Å²) in [5, 5.41) is 36.3. The van der Waals surface area contributed by atoms with Crippen molar-refractivity contribution in [3.05, 3.63) is 0 Å². The smallest absolute Gasteiger partial charge is 0.185 e. The summed E-state index contributed by atoms with van der Waals surface area (Å²) in [7, 11) is 0. The van der Waals surface area contributed by atoms with Crippen LogP contribution in [0.5, 0.6) is 0 Å². The fourth-order valence-electron chi connectivity index (χ4n) is 8.44. The molecule has 3 unspecified atom stereocenters. The van der Waals surface area contributed by atoms with Gasteiger partial charge in [-0.05, 0) is 105 Å². The number of hydrogen-bond donors (Lipinski definition) is 5. The lowest BCUT2D eigenvalue weighted by Crippen LogP contribution is -2.62. The Balaban J connectivity index is 1.35. The van der Waals surface area contributed by atoms with E-state index in [4.69, 9.17) is 16.0 Å². The Morgan fingerprint density at radius 1 is 1.16 bits per heavy atom. The van der Waals surface area contributed by atoms with Gasteiger partial charge in [-0.15, -0.1) is 0 Å². The lowest BCUT2D eigenvalue weighted by Gasteiger charge is -2.63. The Hall–Kier alpha value is -1.34. The molecule has 0 saturated heterocycles. The van der Waals surface area contributed by atoms with Gasteiger partial charge in [0, 0.05) is 6.21 Å². The van der Waals surface area contributed by atoms with Gasteiger partial charge in [-0.1, -0.05) is 19.0 Å². The highest BCUT2D eigenvalue weighted by molar-refractivity contribution is 5.74. The Morgan fingerprint density at radius 3 is 2.75 bits per heavy atom. The van der Waals surface area contributed by atoms with Crippen molar-refractivity contribution in [3.63, 3.8) is 0 Å². The van der Waals surface area contributed by atoms with Crippen LogP contribution in [-0.4, -0.2) is 47.2 Å². The highest BCUT2D eigenvalue weighted by atomic mass is 16.6. The molecule has 0 heterocycles. The second-order valence-electron chi connectivity index (χ2n) is 11.6. The Labute approximate surface area is 193 Å². The highest BCUT2D eigenvalue weighted by Crippen LogP contribution is 2.69. The molecule has 32 heavy (non-hydrogen) atoms. The second-order valence-corrected chi connectivity index (χ2v) is 11.6. The lowest BCUT2D eigenvalue weighted by atomic mass is 9.43. The van der Waals surface area contributed by atoms with Crippen molar-refractivity contribution in [1.82, 2.24) is 5.32 Å². The van der Waals surface area contributed by atoms with Crippen LogP contribution in [0.25, 0.3) is 0 Å². The molecule has 182 valence electrons. The lowest BCUT2D eigenvalue weighted by molar-refractivity contribution is -0.210. The molecule has 7 heteroatoms. The van der Waals surface area contributed by atoms with Gasteiger partial charge >= 0.3 is 0 Å². The first-order valence-electron chi connectivity index (χ1n) is 12.8. The zero-order valence-electron chi connectivity index (χ0n) is 20.0. The van der Waals surface area contributed by atoms with Crippen molar-refractivity contribution in [1.29, 1.82) is 5.41 Å². The highest BCUT2D eigenvalue weighted by Gasteiger charge is 2.66.